The number of aromatic nitrogens is 2. The molecule has 29 heavy (non-hydrogen) atoms. The summed E-state index contributed by atoms with van der Waals surface area (Å²) in [6.45, 7) is 2.63. The van der Waals surface area contributed by atoms with E-state index >= 15 is 0 Å². The van der Waals surface area contributed by atoms with Gasteiger partial charge in [0.2, 0.25) is 5.91 Å². The fourth-order valence-corrected chi connectivity index (χ4v) is 4.08. The zero-order valence-electron chi connectivity index (χ0n) is 15.7. The maximum absolute atomic E-state index is 14.2. The molecule has 0 unspecified atom stereocenters. The number of benzene rings is 2. The van der Waals surface area contributed by atoms with Crippen molar-refractivity contribution in [3.63, 3.8) is 0 Å². The van der Waals surface area contributed by atoms with Crippen LogP contribution in [-0.2, 0) is 4.79 Å². The van der Waals surface area contributed by atoms with Crippen molar-refractivity contribution in [3.8, 4) is 11.1 Å². The number of halogens is 2. The van der Waals surface area contributed by atoms with Crippen LogP contribution in [0.4, 0.5) is 10.2 Å². The van der Waals surface area contributed by atoms with Crippen LogP contribution in [0.1, 0.15) is 6.42 Å². The monoisotopic (exact) mass is 430 g/mol. The van der Waals surface area contributed by atoms with Gasteiger partial charge in [0.05, 0.1) is 5.52 Å². The van der Waals surface area contributed by atoms with E-state index in [2.05, 4.69) is 27.5 Å². The lowest BCUT2D eigenvalue weighted by Crippen LogP contribution is -2.49. The van der Waals surface area contributed by atoms with Gasteiger partial charge in [-0.3, -0.25) is 4.79 Å². The maximum atomic E-state index is 14.2. The van der Waals surface area contributed by atoms with Crippen molar-refractivity contribution in [1.82, 2.24) is 14.9 Å². The summed E-state index contributed by atoms with van der Waals surface area (Å²) in [7, 11) is 0. The molecule has 5 nitrogen and oxygen atoms in total. The molecule has 1 aliphatic heterocycles. The molecule has 0 saturated carbocycles. The van der Waals surface area contributed by atoms with Crippen molar-refractivity contribution in [2.75, 3.05) is 36.8 Å². The molecule has 0 N–H and O–H groups in total. The fraction of sp³-hybridized carbons (Fsp3) is 0.286. The Labute approximate surface area is 178 Å². The quantitative estimate of drug-likeness (QED) is 0.634. The Hall–Kier alpha value is -2.38. The first kappa shape index (κ1) is 19.9. The molecule has 1 aromatic heterocycles. The summed E-state index contributed by atoms with van der Waals surface area (Å²) < 4.78 is 14.2. The standard InChI is InChI=1S/C21H20ClFN4OS/c22-17-11-16-19(12-15(17)14-3-1-2-4-18(14)23)24-13-25-21(16)27-8-6-26(7-9-27)20(28)5-10-29/h1-4,11-13,29H,5-10H2. The minimum atomic E-state index is -0.329. The molecule has 2 aromatic carbocycles. The minimum absolute atomic E-state index is 0.129. The van der Waals surface area contributed by atoms with Crippen LogP contribution in [0, 0.1) is 5.82 Å². The number of piperazine rings is 1. The van der Waals surface area contributed by atoms with Gasteiger partial charge in [0.1, 0.15) is 18.0 Å². The summed E-state index contributed by atoms with van der Waals surface area (Å²) in [5, 5.41) is 1.26. The summed E-state index contributed by atoms with van der Waals surface area (Å²) in [6.07, 6.45) is 1.96. The van der Waals surface area contributed by atoms with Gasteiger partial charge in [-0.25, -0.2) is 14.4 Å². The normalized spacial score (nSPS) is 14.4. The van der Waals surface area contributed by atoms with Gasteiger partial charge in [-0.05, 0) is 24.0 Å². The highest BCUT2D eigenvalue weighted by molar-refractivity contribution is 7.80. The molecule has 0 bridgehead atoms. The van der Waals surface area contributed by atoms with E-state index < -0.39 is 0 Å². The molecule has 1 amide bonds. The molecule has 8 heteroatoms. The van der Waals surface area contributed by atoms with Gasteiger partial charge < -0.3 is 9.80 Å². The van der Waals surface area contributed by atoms with Crippen molar-refractivity contribution >= 4 is 46.9 Å². The average Bonchev–Trinajstić information content (AvgIpc) is 2.74. The summed E-state index contributed by atoms with van der Waals surface area (Å²) >= 11 is 10.7. The average molecular weight is 431 g/mol. The lowest BCUT2D eigenvalue weighted by Gasteiger charge is -2.35. The second-order valence-corrected chi connectivity index (χ2v) is 7.72. The predicted octanol–water partition coefficient (Wildman–Crippen LogP) is 4.06. The number of carbonyl (C=O) groups is 1. The lowest BCUT2D eigenvalue weighted by molar-refractivity contribution is -0.131. The largest absolute Gasteiger partial charge is 0.352 e. The van der Waals surface area contributed by atoms with Gasteiger partial charge in [0.25, 0.3) is 0 Å². The van der Waals surface area contributed by atoms with Crippen molar-refractivity contribution in [2.24, 2.45) is 0 Å². The Morgan fingerprint density at radius 3 is 2.59 bits per heavy atom. The zero-order valence-corrected chi connectivity index (χ0v) is 17.3. The highest BCUT2D eigenvalue weighted by atomic mass is 35.5. The molecular weight excluding hydrogens is 411 g/mol. The SMILES string of the molecule is O=C(CCS)N1CCN(c2ncnc3cc(-c4ccccc4F)c(Cl)cc23)CC1. The van der Waals surface area contributed by atoms with E-state index in [0.29, 0.717) is 60.0 Å². The van der Waals surface area contributed by atoms with Crippen LogP contribution < -0.4 is 4.90 Å². The van der Waals surface area contributed by atoms with Crippen molar-refractivity contribution < 1.29 is 9.18 Å². The number of amides is 1. The number of anilines is 1. The van der Waals surface area contributed by atoms with Crippen molar-refractivity contribution in [2.45, 2.75) is 6.42 Å². The van der Waals surface area contributed by atoms with E-state index in [4.69, 9.17) is 11.6 Å². The number of rotatable bonds is 4. The molecule has 0 radical (unpaired) electrons. The van der Waals surface area contributed by atoms with E-state index in [1.807, 2.05) is 4.90 Å². The summed E-state index contributed by atoms with van der Waals surface area (Å²) in [6, 6.07) is 10.1. The van der Waals surface area contributed by atoms with Crippen molar-refractivity contribution in [3.05, 3.63) is 53.6 Å². The second-order valence-electron chi connectivity index (χ2n) is 6.87. The van der Waals surface area contributed by atoms with Crippen molar-refractivity contribution in [1.29, 1.82) is 0 Å². The molecule has 0 atom stereocenters. The highest BCUT2D eigenvalue weighted by Gasteiger charge is 2.23. The number of carbonyl (C=O) groups excluding carboxylic acids is 1. The molecule has 0 spiro atoms. The van der Waals surface area contributed by atoms with Gasteiger partial charge in [0.15, 0.2) is 0 Å². The van der Waals surface area contributed by atoms with E-state index in [1.165, 1.54) is 12.4 Å². The van der Waals surface area contributed by atoms with Gasteiger partial charge in [-0.2, -0.15) is 12.6 Å². The Morgan fingerprint density at radius 2 is 1.86 bits per heavy atom. The minimum Gasteiger partial charge on any atom is -0.352 e. The summed E-state index contributed by atoms with van der Waals surface area (Å²) in [4.78, 5) is 24.9. The van der Waals surface area contributed by atoms with Gasteiger partial charge >= 0.3 is 0 Å². The fourth-order valence-electron chi connectivity index (χ4n) is 3.62. The number of hydrogen-bond acceptors (Lipinski definition) is 5. The molecule has 150 valence electrons. The molecule has 0 aliphatic carbocycles. The molecule has 3 aromatic rings. The Balaban J connectivity index is 1.65. The predicted molar refractivity (Wildman–Crippen MR) is 117 cm³/mol. The summed E-state index contributed by atoms with van der Waals surface area (Å²) in [5.41, 5.74) is 1.74. The van der Waals surface area contributed by atoms with Gasteiger partial charge in [0, 0.05) is 54.1 Å². The van der Waals surface area contributed by atoms with E-state index in [9.17, 15) is 9.18 Å². The van der Waals surface area contributed by atoms with Crippen LogP contribution in [0.2, 0.25) is 5.02 Å². The van der Waals surface area contributed by atoms with Gasteiger partial charge in [-0.15, -0.1) is 0 Å². The Morgan fingerprint density at radius 1 is 1.10 bits per heavy atom. The molecule has 2 heterocycles. The topological polar surface area (TPSA) is 49.3 Å². The summed E-state index contributed by atoms with van der Waals surface area (Å²) in [5.74, 6) is 1.13. The van der Waals surface area contributed by atoms with Crippen LogP contribution in [0.25, 0.3) is 22.0 Å². The van der Waals surface area contributed by atoms with Crippen LogP contribution in [-0.4, -0.2) is 52.7 Å². The lowest BCUT2D eigenvalue weighted by atomic mass is 10.0. The molecule has 1 aliphatic rings. The molecule has 4 rings (SSSR count). The third kappa shape index (κ3) is 4.02. The number of nitrogens with zero attached hydrogens (tertiary/aromatic N) is 4. The first-order chi connectivity index (χ1) is 14.1. The van der Waals surface area contributed by atoms with E-state index in [-0.39, 0.29) is 11.7 Å². The van der Waals surface area contributed by atoms with Crippen LogP contribution in [0.3, 0.4) is 0 Å². The smallest absolute Gasteiger partial charge is 0.223 e. The van der Waals surface area contributed by atoms with Crippen LogP contribution in [0.5, 0.6) is 0 Å². The molecule has 1 fully saturated rings. The first-order valence-electron chi connectivity index (χ1n) is 9.41. The number of hydrogen-bond donors (Lipinski definition) is 1. The third-order valence-electron chi connectivity index (χ3n) is 5.12. The van der Waals surface area contributed by atoms with Crippen LogP contribution >= 0.6 is 24.2 Å². The number of fused-ring (bicyclic) bond motifs is 1. The van der Waals surface area contributed by atoms with E-state index in [1.54, 1.807) is 30.3 Å². The van der Waals surface area contributed by atoms with Gasteiger partial charge in [-0.1, -0.05) is 29.8 Å². The third-order valence-corrected chi connectivity index (χ3v) is 5.66. The van der Waals surface area contributed by atoms with E-state index in [0.717, 1.165) is 11.2 Å². The number of thiol groups is 1. The molecule has 1 saturated heterocycles. The first-order valence-corrected chi connectivity index (χ1v) is 10.4. The second kappa shape index (κ2) is 8.55. The zero-order chi connectivity index (χ0) is 20.4. The Kier molecular flexibility index (Phi) is 5.87. The molecular formula is C21H20ClFN4OS. The highest BCUT2D eigenvalue weighted by Crippen LogP contribution is 2.35. The van der Waals surface area contributed by atoms with Crippen LogP contribution in [0.15, 0.2) is 42.7 Å². The maximum Gasteiger partial charge on any atom is 0.223 e. The Bertz CT molecular complexity index is 1060.